The number of anilines is 1. The highest BCUT2D eigenvalue weighted by Crippen LogP contribution is 2.15. The molecule has 0 saturated carbocycles. The van der Waals surface area contributed by atoms with Crippen LogP contribution in [0.15, 0.2) is 24.3 Å². The molecular formula is C29H51NO5. The molecule has 0 spiro atoms. The maximum absolute atomic E-state index is 12.1. The van der Waals surface area contributed by atoms with Gasteiger partial charge in [0.05, 0.1) is 12.7 Å². The van der Waals surface area contributed by atoms with Crippen molar-refractivity contribution in [3.63, 3.8) is 0 Å². The summed E-state index contributed by atoms with van der Waals surface area (Å²) in [5, 5.41) is 10.4. The van der Waals surface area contributed by atoms with Gasteiger partial charge in [0.25, 0.3) is 0 Å². The first kappa shape index (κ1) is 32.9. The molecule has 6 heteroatoms. The predicted octanol–water partition coefficient (Wildman–Crippen LogP) is 7.15. The first-order valence-electron chi connectivity index (χ1n) is 13.5. The van der Waals surface area contributed by atoms with Crippen molar-refractivity contribution in [2.45, 2.75) is 110 Å². The molecule has 0 amide bonds. The minimum Gasteiger partial charge on any atom is -0.466 e. The third-order valence-corrected chi connectivity index (χ3v) is 5.97. The van der Waals surface area contributed by atoms with Crippen LogP contribution in [-0.2, 0) is 14.3 Å². The predicted molar refractivity (Wildman–Crippen MR) is 145 cm³/mol. The van der Waals surface area contributed by atoms with Crippen LogP contribution in [-0.4, -0.2) is 43.9 Å². The van der Waals surface area contributed by atoms with Crippen LogP contribution in [0.2, 0.25) is 0 Å². The van der Waals surface area contributed by atoms with Gasteiger partial charge in [0, 0.05) is 19.3 Å². The van der Waals surface area contributed by atoms with Crippen LogP contribution in [0.3, 0.4) is 0 Å². The Labute approximate surface area is 214 Å². The molecule has 202 valence electrons. The summed E-state index contributed by atoms with van der Waals surface area (Å²) in [5.41, 5.74) is 1.40. The summed E-state index contributed by atoms with van der Waals surface area (Å²) in [6.45, 7) is 7.06. The van der Waals surface area contributed by atoms with Gasteiger partial charge in [-0.05, 0) is 43.5 Å². The number of aliphatic hydroxyl groups excluding tert-OH is 1. The van der Waals surface area contributed by atoms with Crippen LogP contribution in [0, 0.1) is 5.92 Å². The van der Waals surface area contributed by atoms with Gasteiger partial charge in [-0.3, -0.25) is 0 Å². The van der Waals surface area contributed by atoms with Gasteiger partial charge >= 0.3 is 11.9 Å². The molecule has 0 aliphatic heterocycles. The van der Waals surface area contributed by atoms with Crippen molar-refractivity contribution in [1.29, 1.82) is 0 Å². The number of aliphatic hydroxyl groups is 1. The number of unbranched alkanes of at least 4 members (excludes halogenated alkanes) is 11. The second-order valence-electron chi connectivity index (χ2n) is 9.50. The molecule has 1 atom stereocenters. The highest BCUT2D eigenvalue weighted by atomic mass is 16.6. The molecule has 1 aromatic carbocycles. The average molecular weight is 494 g/mol. The van der Waals surface area contributed by atoms with E-state index in [1.165, 1.54) is 91.1 Å². The lowest BCUT2D eigenvalue weighted by Crippen LogP contribution is -2.25. The number of esters is 2. The van der Waals surface area contributed by atoms with Gasteiger partial charge in [-0.25, -0.2) is 9.59 Å². The lowest BCUT2D eigenvalue weighted by atomic mass is 10.0. The van der Waals surface area contributed by atoms with Crippen molar-refractivity contribution < 1.29 is 24.2 Å². The van der Waals surface area contributed by atoms with Crippen molar-refractivity contribution >= 4 is 17.6 Å². The third-order valence-electron chi connectivity index (χ3n) is 5.97. The molecule has 0 bridgehead atoms. The van der Waals surface area contributed by atoms with E-state index < -0.39 is 18.0 Å². The monoisotopic (exact) mass is 493 g/mol. The molecule has 2 N–H and O–H groups in total. The van der Waals surface area contributed by atoms with E-state index in [9.17, 15) is 9.59 Å². The number of methoxy groups -OCH3 is 1. The average Bonchev–Trinajstić information content (AvgIpc) is 2.87. The Bertz CT molecular complexity index is 645. The van der Waals surface area contributed by atoms with Crippen LogP contribution in [0.5, 0.6) is 0 Å². The zero-order valence-electron chi connectivity index (χ0n) is 22.9. The summed E-state index contributed by atoms with van der Waals surface area (Å²) in [6, 6.07) is 7.15. The second-order valence-corrected chi connectivity index (χ2v) is 9.50. The normalized spacial score (nSPS) is 11.4. The number of carbonyl (C=O) groups is 2. The fourth-order valence-electron chi connectivity index (χ4n) is 3.84. The largest absolute Gasteiger partial charge is 0.466 e. The fourth-order valence-corrected chi connectivity index (χ4v) is 3.84. The Morgan fingerprint density at radius 1 is 0.771 bits per heavy atom. The van der Waals surface area contributed by atoms with E-state index in [2.05, 4.69) is 23.9 Å². The van der Waals surface area contributed by atoms with Gasteiger partial charge in [-0.15, -0.1) is 0 Å². The van der Waals surface area contributed by atoms with Gasteiger partial charge < -0.3 is 19.9 Å². The Kier molecular flexibility index (Phi) is 21.1. The molecule has 0 saturated heterocycles. The molecule has 0 aromatic heterocycles. The summed E-state index contributed by atoms with van der Waals surface area (Å²) < 4.78 is 9.65. The maximum Gasteiger partial charge on any atom is 0.346 e. The van der Waals surface area contributed by atoms with Gasteiger partial charge in [-0.1, -0.05) is 90.9 Å². The van der Waals surface area contributed by atoms with Crippen LogP contribution >= 0.6 is 0 Å². The van der Waals surface area contributed by atoms with Crippen LogP contribution < -0.4 is 5.32 Å². The maximum atomic E-state index is 12.1. The third kappa shape index (κ3) is 17.9. The number of carbonyl (C=O) groups excluding carboxylic acids is 2. The Balaban J connectivity index is 0.00000562. The summed E-state index contributed by atoms with van der Waals surface area (Å²) in [4.78, 5) is 23.4. The highest BCUT2D eigenvalue weighted by molar-refractivity contribution is 5.91. The quantitative estimate of drug-likeness (QED) is 0.157. The molecule has 0 aliphatic carbocycles. The van der Waals surface area contributed by atoms with Crippen molar-refractivity contribution in [3.05, 3.63) is 29.8 Å². The summed E-state index contributed by atoms with van der Waals surface area (Å²) >= 11 is 0. The van der Waals surface area contributed by atoms with Crippen LogP contribution in [0.1, 0.15) is 115 Å². The Morgan fingerprint density at radius 2 is 1.23 bits per heavy atom. The van der Waals surface area contributed by atoms with E-state index in [1.54, 1.807) is 12.1 Å². The lowest BCUT2D eigenvalue weighted by Gasteiger charge is -2.11. The SMILES string of the molecule is CO.COC(=O)C(C)OC(=O)c1ccc(NCCCCCCCCCCCCCCC(C)C)cc1. The van der Waals surface area contributed by atoms with Crippen molar-refractivity contribution in [2.75, 3.05) is 26.1 Å². The number of nitrogens with one attached hydrogen (secondary N) is 1. The molecule has 0 radical (unpaired) electrons. The molecule has 1 unspecified atom stereocenters. The van der Waals surface area contributed by atoms with E-state index in [0.717, 1.165) is 31.7 Å². The number of hydrogen-bond acceptors (Lipinski definition) is 6. The van der Waals surface area contributed by atoms with E-state index in [0.29, 0.717) is 5.56 Å². The van der Waals surface area contributed by atoms with Crippen LogP contribution in [0.4, 0.5) is 5.69 Å². The lowest BCUT2D eigenvalue weighted by molar-refractivity contribution is -0.149. The standard InChI is InChI=1S/C28H47NO4.CH4O/c1-23(2)17-15-13-11-9-7-5-6-8-10-12-14-16-22-29-26-20-18-25(19-21-26)28(31)33-24(3)27(30)32-4;1-2/h18-21,23-24,29H,5-17,22H2,1-4H3;2H,1H3. The fraction of sp³-hybridized carbons (Fsp3) is 0.724. The molecule has 0 heterocycles. The molecular weight excluding hydrogens is 442 g/mol. The Hall–Kier alpha value is -2.08. The number of hydrogen-bond donors (Lipinski definition) is 2. The zero-order chi connectivity index (χ0) is 26.3. The van der Waals surface area contributed by atoms with Crippen molar-refractivity contribution in [3.8, 4) is 0 Å². The minimum atomic E-state index is -0.912. The van der Waals surface area contributed by atoms with Crippen LogP contribution in [0.25, 0.3) is 0 Å². The van der Waals surface area contributed by atoms with Gasteiger partial charge in [0.1, 0.15) is 0 Å². The molecule has 1 rings (SSSR count). The topological polar surface area (TPSA) is 84.9 Å². The van der Waals surface area contributed by atoms with Gasteiger partial charge in [0.15, 0.2) is 6.10 Å². The van der Waals surface area contributed by atoms with Gasteiger partial charge in [-0.2, -0.15) is 0 Å². The molecule has 0 fully saturated rings. The Morgan fingerprint density at radius 3 is 1.69 bits per heavy atom. The molecule has 0 aliphatic rings. The summed E-state index contributed by atoms with van der Waals surface area (Å²) in [5.74, 6) is -0.235. The molecule has 1 aromatic rings. The number of ether oxygens (including phenoxy) is 2. The van der Waals surface area contributed by atoms with E-state index in [4.69, 9.17) is 9.84 Å². The summed E-state index contributed by atoms with van der Waals surface area (Å²) in [7, 11) is 2.27. The highest BCUT2D eigenvalue weighted by Gasteiger charge is 2.19. The first-order valence-corrected chi connectivity index (χ1v) is 13.5. The minimum absolute atomic E-state index is 0.419. The van der Waals surface area contributed by atoms with E-state index in [-0.39, 0.29) is 0 Å². The number of rotatable bonds is 19. The molecule has 35 heavy (non-hydrogen) atoms. The van der Waals surface area contributed by atoms with E-state index in [1.807, 2.05) is 12.1 Å². The van der Waals surface area contributed by atoms with E-state index >= 15 is 0 Å². The van der Waals surface area contributed by atoms with Crippen molar-refractivity contribution in [1.82, 2.24) is 0 Å². The van der Waals surface area contributed by atoms with Gasteiger partial charge in [0.2, 0.25) is 0 Å². The first-order chi connectivity index (χ1) is 16.9. The zero-order valence-corrected chi connectivity index (χ0v) is 22.9. The van der Waals surface area contributed by atoms with Crippen molar-refractivity contribution in [2.24, 2.45) is 5.92 Å². The summed E-state index contributed by atoms with van der Waals surface area (Å²) in [6.07, 6.45) is 16.7. The number of benzene rings is 1. The second kappa shape index (κ2) is 22.4. The smallest absolute Gasteiger partial charge is 0.346 e. The molecule has 6 nitrogen and oxygen atoms in total.